The summed E-state index contributed by atoms with van der Waals surface area (Å²) in [7, 11) is 0. The van der Waals surface area contributed by atoms with Crippen molar-refractivity contribution in [1.82, 2.24) is 20.0 Å². The van der Waals surface area contributed by atoms with E-state index in [0.29, 0.717) is 24.9 Å². The highest BCUT2D eigenvalue weighted by Crippen LogP contribution is 2.21. The number of rotatable bonds is 6. The Bertz CT molecular complexity index is 708. The van der Waals surface area contributed by atoms with Crippen molar-refractivity contribution in [2.24, 2.45) is 11.8 Å². The highest BCUT2D eigenvalue weighted by atomic mass is 19.1. The second-order valence-electron chi connectivity index (χ2n) is 9.14. The van der Waals surface area contributed by atoms with E-state index < -0.39 is 0 Å². The Hall–Kier alpha value is -1.99. The summed E-state index contributed by atoms with van der Waals surface area (Å²) in [6.07, 6.45) is 1.20. The maximum Gasteiger partial charge on any atom is 0.236 e. The second-order valence-corrected chi connectivity index (χ2v) is 9.14. The van der Waals surface area contributed by atoms with Gasteiger partial charge in [-0.15, -0.1) is 0 Å². The number of piperazine rings is 1. The molecule has 3 rings (SSSR count). The molecule has 1 aromatic carbocycles. The minimum absolute atomic E-state index is 0.0346. The van der Waals surface area contributed by atoms with Crippen molar-refractivity contribution in [3.63, 3.8) is 0 Å². The van der Waals surface area contributed by atoms with Gasteiger partial charge in [-0.1, -0.05) is 26.0 Å². The van der Waals surface area contributed by atoms with Crippen LogP contribution in [0.1, 0.15) is 38.8 Å². The van der Waals surface area contributed by atoms with Crippen LogP contribution in [0, 0.1) is 17.7 Å². The number of halogens is 1. The van der Waals surface area contributed by atoms with Crippen LogP contribution in [-0.2, 0) is 9.59 Å². The third-order valence-corrected chi connectivity index (χ3v) is 6.16. The van der Waals surface area contributed by atoms with E-state index in [9.17, 15) is 14.0 Å². The minimum Gasteiger partial charge on any atom is -0.348 e. The number of carbonyl (C=O) groups excluding carboxylic acids is 2. The molecule has 0 bridgehead atoms. The first-order valence-electron chi connectivity index (χ1n) is 11.1. The highest BCUT2D eigenvalue weighted by molar-refractivity contribution is 5.79. The van der Waals surface area contributed by atoms with Crippen LogP contribution in [0.4, 0.5) is 4.39 Å². The Morgan fingerprint density at radius 3 is 2.10 bits per heavy atom. The van der Waals surface area contributed by atoms with Crippen LogP contribution in [0.2, 0.25) is 0 Å². The molecule has 2 aliphatic heterocycles. The Balaban J connectivity index is 1.38. The summed E-state index contributed by atoms with van der Waals surface area (Å²) in [5.41, 5.74) is 0.884. The molecule has 2 saturated heterocycles. The fourth-order valence-electron chi connectivity index (χ4n) is 4.59. The number of benzene rings is 1. The SMILES string of the molecule is C[C@@H]1C[C@H](C)CN(C(=O)CN2CCN(CC(=O)N[C@H](C)c3ccc(F)cc3)CC2)C1. The van der Waals surface area contributed by atoms with Crippen LogP contribution in [0.3, 0.4) is 0 Å². The van der Waals surface area contributed by atoms with Gasteiger partial charge in [-0.05, 0) is 42.9 Å². The molecule has 2 fully saturated rings. The molecule has 0 radical (unpaired) electrons. The van der Waals surface area contributed by atoms with Gasteiger partial charge >= 0.3 is 0 Å². The van der Waals surface area contributed by atoms with Gasteiger partial charge in [0.05, 0.1) is 19.1 Å². The molecule has 30 heavy (non-hydrogen) atoms. The first-order valence-corrected chi connectivity index (χ1v) is 11.1. The van der Waals surface area contributed by atoms with Crippen LogP contribution in [0.15, 0.2) is 24.3 Å². The largest absolute Gasteiger partial charge is 0.348 e. The van der Waals surface area contributed by atoms with E-state index in [0.717, 1.165) is 44.8 Å². The molecule has 0 unspecified atom stereocenters. The van der Waals surface area contributed by atoms with Crippen LogP contribution < -0.4 is 5.32 Å². The van der Waals surface area contributed by atoms with Crippen molar-refractivity contribution >= 4 is 11.8 Å². The number of nitrogens with one attached hydrogen (secondary N) is 1. The predicted molar refractivity (Wildman–Crippen MR) is 115 cm³/mol. The van der Waals surface area contributed by atoms with Crippen LogP contribution in [0.5, 0.6) is 0 Å². The molecule has 0 aromatic heterocycles. The number of likely N-dealkylation sites (tertiary alicyclic amines) is 1. The molecule has 2 aliphatic rings. The monoisotopic (exact) mass is 418 g/mol. The number of hydrogen-bond acceptors (Lipinski definition) is 4. The summed E-state index contributed by atoms with van der Waals surface area (Å²) >= 11 is 0. The van der Waals surface area contributed by atoms with Gasteiger partial charge in [-0.2, -0.15) is 0 Å². The summed E-state index contributed by atoms with van der Waals surface area (Å²) in [4.78, 5) is 31.4. The molecule has 0 saturated carbocycles. The number of piperidine rings is 1. The van der Waals surface area contributed by atoms with E-state index in [2.05, 4.69) is 29.0 Å². The molecule has 6 nitrogen and oxygen atoms in total. The van der Waals surface area contributed by atoms with Crippen LogP contribution >= 0.6 is 0 Å². The van der Waals surface area contributed by atoms with Crippen molar-refractivity contribution in [1.29, 1.82) is 0 Å². The lowest BCUT2D eigenvalue weighted by Crippen LogP contribution is -2.53. The number of nitrogens with zero attached hydrogens (tertiary/aromatic N) is 3. The molecular formula is C23H35FN4O2. The maximum atomic E-state index is 13.1. The lowest BCUT2D eigenvalue weighted by Gasteiger charge is -2.38. The van der Waals surface area contributed by atoms with Crippen molar-refractivity contribution in [2.75, 3.05) is 52.4 Å². The van der Waals surface area contributed by atoms with Gasteiger partial charge in [0, 0.05) is 39.3 Å². The van der Waals surface area contributed by atoms with Gasteiger partial charge in [0.25, 0.3) is 0 Å². The van der Waals surface area contributed by atoms with Gasteiger partial charge in [0.15, 0.2) is 0 Å². The van der Waals surface area contributed by atoms with Crippen molar-refractivity contribution in [3.05, 3.63) is 35.6 Å². The zero-order valence-electron chi connectivity index (χ0n) is 18.4. The van der Waals surface area contributed by atoms with Gasteiger partial charge in [0.2, 0.25) is 11.8 Å². The third-order valence-electron chi connectivity index (χ3n) is 6.16. The molecule has 0 spiro atoms. The topological polar surface area (TPSA) is 55.9 Å². The Morgan fingerprint density at radius 1 is 1.00 bits per heavy atom. The minimum atomic E-state index is -0.280. The molecule has 2 amide bonds. The quantitative estimate of drug-likeness (QED) is 0.769. The summed E-state index contributed by atoms with van der Waals surface area (Å²) in [6, 6.07) is 6.04. The standard InChI is InChI=1S/C23H35FN4O2/c1-17-12-18(2)14-28(13-17)23(30)16-27-10-8-26(9-11-27)15-22(29)25-19(3)20-4-6-21(24)7-5-20/h4-7,17-19H,8-16H2,1-3H3,(H,25,29)/t17-,18+,19-/m1/s1. The molecule has 7 heteroatoms. The van der Waals surface area contributed by atoms with Gasteiger partial charge in [0.1, 0.15) is 5.82 Å². The normalized spacial score (nSPS) is 24.5. The Morgan fingerprint density at radius 2 is 1.53 bits per heavy atom. The highest BCUT2D eigenvalue weighted by Gasteiger charge is 2.27. The lowest BCUT2D eigenvalue weighted by molar-refractivity contribution is -0.135. The molecule has 0 aliphatic carbocycles. The van der Waals surface area contributed by atoms with E-state index in [1.165, 1.54) is 18.6 Å². The zero-order chi connectivity index (χ0) is 21.7. The first kappa shape index (κ1) is 22.7. The summed E-state index contributed by atoms with van der Waals surface area (Å²) < 4.78 is 13.1. The second kappa shape index (κ2) is 10.4. The van der Waals surface area contributed by atoms with E-state index >= 15 is 0 Å². The van der Waals surface area contributed by atoms with Gasteiger partial charge in [-0.25, -0.2) is 4.39 Å². The predicted octanol–water partition coefficient (Wildman–Crippen LogP) is 2.12. The molecule has 166 valence electrons. The smallest absolute Gasteiger partial charge is 0.236 e. The average molecular weight is 419 g/mol. The van der Waals surface area contributed by atoms with Crippen LogP contribution in [-0.4, -0.2) is 78.9 Å². The number of hydrogen-bond donors (Lipinski definition) is 1. The van der Waals surface area contributed by atoms with E-state index in [-0.39, 0.29) is 23.7 Å². The Kier molecular flexibility index (Phi) is 7.83. The zero-order valence-corrected chi connectivity index (χ0v) is 18.4. The summed E-state index contributed by atoms with van der Waals surface area (Å²) in [5.74, 6) is 1.06. The van der Waals surface area contributed by atoms with Crippen molar-refractivity contribution in [3.8, 4) is 0 Å². The fraction of sp³-hybridized carbons (Fsp3) is 0.652. The molecule has 1 N–H and O–H groups in total. The van der Waals surface area contributed by atoms with E-state index in [1.54, 1.807) is 12.1 Å². The average Bonchev–Trinajstić information content (AvgIpc) is 2.69. The maximum absolute atomic E-state index is 13.1. The number of amides is 2. The molecule has 1 aromatic rings. The Labute approximate surface area is 179 Å². The number of carbonyl (C=O) groups is 2. The summed E-state index contributed by atoms with van der Waals surface area (Å²) in [5, 5.41) is 2.98. The van der Waals surface area contributed by atoms with E-state index in [4.69, 9.17) is 0 Å². The van der Waals surface area contributed by atoms with E-state index in [1.807, 2.05) is 11.8 Å². The molecular weight excluding hydrogens is 383 g/mol. The first-order chi connectivity index (χ1) is 14.3. The lowest BCUT2D eigenvalue weighted by atomic mass is 9.92. The van der Waals surface area contributed by atoms with Gasteiger partial charge < -0.3 is 10.2 Å². The van der Waals surface area contributed by atoms with Crippen molar-refractivity contribution < 1.29 is 14.0 Å². The van der Waals surface area contributed by atoms with Gasteiger partial charge in [-0.3, -0.25) is 19.4 Å². The summed E-state index contributed by atoms with van der Waals surface area (Å²) in [6.45, 7) is 12.0. The molecule has 2 heterocycles. The fourth-order valence-corrected chi connectivity index (χ4v) is 4.59. The van der Waals surface area contributed by atoms with Crippen LogP contribution in [0.25, 0.3) is 0 Å². The molecule has 3 atom stereocenters. The van der Waals surface area contributed by atoms with Crippen molar-refractivity contribution in [2.45, 2.75) is 33.2 Å². The third kappa shape index (κ3) is 6.51.